The van der Waals surface area contributed by atoms with E-state index < -0.39 is 0 Å². The van der Waals surface area contributed by atoms with Crippen molar-refractivity contribution in [3.05, 3.63) is 35.4 Å². The van der Waals surface area contributed by atoms with Crippen molar-refractivity contribution in [2.75, 3.05) is 6.61 Å². The molecule has 0 spiro atoms. The minimum Gasteiger partial charge on any atom is -0.384 e. The Bertz CT molecular complexity index is 454. The topological polar surface area (TPSA) is 23.5 Å². The van der Waals surface area contributed by atoms with Gasteiger partial charge in [0.25, 0.3) is 0 Å². The molecule has 1 aliphatic rings. The van der Waals surface area contributed by atoms with Crippen molar-refractivity contribution in [1.29, 1.82) is 0 Å². The molecule has 1 aliphatic heterocycles. The number of hydrogen-bond acceptors (Lipinski definition) is 2. The summed E-state index contributed by atoms with van der Waals surface area (Å²) in [5, 5.41) is 8.68. The first-order valence-electron chi connectivity index (χ1n) is 7.19. The number of likely N-dealkylation sites (tertiary alicyclic amines) is 1. The lowest BCUT2D eigenvalue weighted by Crippen LogP contribution is -2.33. The number of rotatable bonds is 3. The molecule has 1 N–H and O–H groups in total. The molecule has 19 heavy (non-hydrogen) atoms. The van der Waals surface area contributed by atoms with Crippen LogP contribution in [0.4, 0.5) is 0 Å². The maximum Gasteiger partial charge on any atom is 0.104 e. The van der Waals surface area contributed by atoms with Gasteiger partial charge < -0.3 is 5.11 Å². The summed E-state index contributed by atoms with van der Waals surface area (Å²) in [7, 11) is 0. The van der Waals surface area contributed by atoms with Gasteiger partial charge in [-0.3, -0.25) is 4.90 Å². The Morgan fingerprint density at radius 3 is 2.63 bits per heavy atom. The van der Waals surface area contributed by atoms with Crippen LogP contribution in [0.25, 0.3) is 0 Å². The number of hydrogen-bond donors (Lipinski definition) is 1. The number of aliphatic hydroxyl groups excluding tert-OH is 1. The van der Waals surface area contributed by atoms with Gasteiger partial charge >= 0.3 is 0 Å². The molecule has 2 rings (SSSR count). The Labute approximate surface area is 116 Å². The van der Waals surface area contributed by atoms with E-state index in [1.165, 1.54) is 24.8 Å². The zero-order chi connectivity index (χ0) is 13.7. The van der Waals surface area contributed by atoms with E-state index in [0.717, 1.165) is 18.2 Å². The summed E-state index contributed by atoms with van der Waals surface area (Å²) in [4.78, 5) is 2.62. The van der Waals surface area contributed by atoms with Gasteiger partial charge in [0, 0.05) is 24.2 Å². The fourth-order valence-corrected chi connectivity index (χ4v) is 2.89. The molecule has 0 radical (unpaired) electrons. The van der Waals surface area contributed by atoms with E-state index in [1.54, 1.807) is 0 Å². The molecule has 1 aromatic rings. The molecular weight excluding hydrogens is 234 g/mol. The van der Waals surface area contributed by atoms with Crippen molar-refractivity contribution in [2.24, 2.45) is 0 Å². The van der Waals surface area contributed by atoms with E-state index in [2.05, 4.69) is 42.7 Å². The average Bonchev–Trinajstić information content (AvgIpc) is 2.79. The van der Waals surface area contributed by atoms with E-state index in [9.17, 15) is 0 Å². The van der Waals surface area contributed by atoms with Gasteiger partial charge in [-0.1, -0.05) is 30.9 Å². The molecule has 2 atom stereocenters. The average molecular weight is 257 g/mol. The summed E-state index contributed by atoms with van der Waals surface area (Å²) in [6.45, 7) is 5.57. The highest BCUT2D eigenvalue weighted by Crippen LogP contribution is 2.27. The second-order valence-corrected chi connectivity index (χ2v) is 5.32. The van der Waals surface area contributed by atoms with Gasteiger partial charge in [-0.25, -0.2) is 0 Å². The van der Waals surface area contributed by atoms with Gasteiger partial charge in [0.2, 0.25) is 0 Å². The van der Waals surface area contributed by atoms with Crippen LogP contribution in [0.1, 0.15) is 44.2 Å². The van der Waals surface area contributed by atoms with Gasteiger partial charge in [0.15, 0.2) is 0 Å². The van der Waals surface area contributed by atoms with Crippen molar-refractivity contribution in [1.82, 2.24) is 4.90 Å². The molecule has 2 nitrogen and oxygen atoms in total. The van der Waals surface area contributed by atoms with Crippen LogP contribution in [0.5, 0.6) is 0 Å². The third-order valence-electron chi connectivity index (χ3n) is 4.05. The molecule has 1 saturated heterocycles. The Morgan fingerprint density at radius 1 is 1.26 bits per heavy atom. The Kier molecular flexibility index (Phi) is 5.01. The summed E-state index contributed by atoms with van der Waals surface area (Å²) in [5.74, 6) is 5.61. The summed E-state index contributed by atoms with van der Waals surface area (Å²) < 4.78 is 0. The molecular formula is C17H23NO. The molecule has 1 heterocycles. The monoisotopic (exact) mass is 257 g/mol. The molecule has 102 valence electrons. The lowest BCUT2D eigenvalue weighted by Gasteiger charge is -2.27. The largest absolute Gasteiger partial charge is 0.384 e. The van der Waals surface area contributed by atoms with E-state index in [1.807, 2.05) is 12.1 Å². The van der Waals surface area contributed by atoms with Crippen molar-refractivity contribution in [3.63, 3.8) is 0 Å². The minimum absolute atomic E-state index is 0.0782. The Hall–Kier alpha value is -1.30. The third-order valence-corrected chi connectivity index (χ3v) is 4.05. The predicted octanol–water partition coefficient (Wildman–Crippen LogP) is 2.79. The smallest absolute Gasteiger partial charge is 0.104 e. The minimum atomic E-state index is -0.0782. The van der Waals surface area contributed by atoms with Crippen LogP contribution in [0.3, 0.4) is 0 Å². The summed E-state index contributed by atoms with van der Waals surface area (Å²) in [6.07, 6.45) is 3.89. The predicted molar refractivity (Wildman–Crippen MR) is 78.7 cm³/mol. The van der Waals surface area contributed by atoms with Crippen LogP contribution in [0.15, 0.2) is 24.3 Å². The van der Waals surface area contributed by atoms with E-state index in [0.29, 0.717) is 6.04 Å². The molecule has 0 bridgehead atoms. The zero-order valence-electron chi connectivity index (χ0n) is 11.9. The van der Waals surface area contributed by atoms with Crippen LogP contribution < -0.4 is 0 Å². The fraction of sp³-hybridized carbons (Fsp3) is 0.529. The highest BCUT2D eigenvalue weighted by molar-refractivity contribution is 5.36. The quantitative estimate of drug-likeness (QED) is 0.842. The molecule has 0 saturated carbocycles. The molecule has 1 aromatic carbocycles. The molecule has 0 aliphatic carbocycles. The first-order valence-corrected chi connectivity index (χ1v) is 7.19. The Morgan fingerprint density at radius 2 is 2.00 bits per heavy atom. The number of aliphatic hydroxyl groups is 1. The van der Waals surface area contributed by atoms with E-state index >= 15 is 0 Å². The van der Waals surface area contributed by atoms with Gasteiger partial charge in [-0.05, 0) is 43.9 Å². The highest BCUT2D eigenvalue weighted by atomic mass is 16.2. The molecule has 2 heteroatoms. The van der Waals surface area contributed by atoms with E-state index in [4.69, 9.17) is 5.11 Å². The van der Waals surface area contributed by atoms with Crippen LogP contribution in [0, 0.1) is 11.8 Å². The van der Waals surface area contributed by atoms with Gasteiger partial charge in [0.1, 0.15) is 6.61 Å². The van der Waals surface area contributed by atoms with Crippen LogP contribution in [-0.2, 0) is 6.54 Å². The van der Waals surface area contributed by atoms with E-state index in [-0.39, 0.29) is 6.61 Å². The second kappa shape index (κ2) is 6.75. The number of benzene rings is 1. The molecule has 0 amide bonds. The van der Waals surface area contributed by atoms with Crippen LogP contribution in [-0.4, -0.2) is 28.7 Å². The fourth-order valence-electron chi connectivity index (χ4n) is 2.89. The van der Waals surface area contributed by atoms with Crippen LogP contribution in [0.2, 0.25) is 0 Å². The summed E-state index contributed by atoms with van der Waals surface area (Å²) >= 11 is 0. The maximum absolute atomic E-state index is 8.68. The molecule has 2 unspecified atom stereocenters. The normalized spacial score (nSPS) is 23.1. The lowest BCUT2D eigenvalue weighted by atomic mass is 10.1. The Balaban J connectivity index is 2.02. The van der Waals surface area contributed by atoms with Crippen molar-refractivity contribution < 1.29 is 5.11 Å². The van der Waals surface area contributed by atoms with Crippen molar-refractivity contribution >= 4 is 0 Å². The maximum atomic E-state index is 8.68. The standard InChI is InChI=1S/C17H23NO/c1-3-17-11-6-14(2)18(17)13-16-9-7-15(8-10-16)5-4-12-19/h7-10,14,17,19H,3,6,11-13H2,1-2H3. The summed E-state index contributed by atoms with van der Waals surface area (Å²) in [6, 6.07) is 9.82. The van der Waals surface area contributed by atoms with Gasteiger partial charge in [-0.15, -0.1) is 0 Å². The molecule has 1 fully saturated rings. The van der Waals surface area contributed by atoms with Crippen molar-refractivity contribution in [3.8, 4) is 11.8 Å². The first-order chi connectivity index (χ1) is 9.24. The number of nitrogens with zero attached hydrogens (tertiary/aromatic N) is 1. The second-order valence-electron chi connectivity index (χ2n) is 5.32. The van der Waals surface area contributed by atoms with Gasteiger partial charge in [0.05, 0.1) is 0 Å². The zero-order valence-corrected chi connectivity index (χ0v) is 11.9. The molecule has 0 aromatic heterocycles. The highest BCUT2D eigenvalue weighted by Gasteiger charge is 2.28. The first kappa shape index (κ1) is 14.1. The SMILES string of the molecule is CCC1CCC(C)N1Cc1ccc(C#CCO)cc1. The third kappa shape index (κ3) is 3.59. The lowest BCUT2D eigenvalue weighted by molar-refractivity contribution is 0.189. The van der Waals surface area contributed by atoms with Gasteiger partial charge in [-0.2, -0.15) is 0 Å². The summed E-state index contributed by atoms with van der Waals surface area (Å²) in [5.41, 5.74) is 2.32. The van der Waals surface area contributed by atoms with Crippen molar-refractivity contribution in [2.45, 2.75) is 51.7 Å². The van der Waals surface area contributed by atoms with Crippen LogP contribution >= 0.6 is 0 Å².